The fourth-order valence-corrected chi connectivity index (χ4v) is 2.16. The fourth-order valence-electron chi connectivity index (χ4n) is 2.16. The van der Waals surface area contributed by atoms with Crippen molar-refractivity contribution in [1.29, 1.82) is 0 Å². The smallest absolute Gasteiger partial charge is 0.250 e. The molecule has 0 aromatic heterocycles. The third-order valence-electron chi connectivity index (χ3n) is 2.82. The average molecular weight is 265 g/mol. The van der Waals surface area contributed by atoms with Crippen LogP contribution in [0.2, 0.25) is 0 Å². The van der Waals surface area contributed by atoms with E-state index < -0.39 is 11.5 Å². The first-order valence-electron chi connectivity index (χ1n) is 6.37. The Hall–Kier alpha value is -1.75. The highest BCUT2D eigenvalue weighted by atomic mass is 16.3. The van der Waals surface area contributed by atoms with E-state index in [0.717, 1.165) is 0 Å². The van der Waals surface area contributed by atoms with Crippen molar-refractivity contribution in [3.63, 3.8) is 0 Å². The maximum atomic E-state index is 11.3. The highest BCUT2D eigenvalue weighted by Gasteiger charge is 2.22. The van der Waals surface area contributed by atoms with E-state index in [1.165, 1.54) is 0 Å². The molecule has 0 aliphatic heterocycles. The van der Waals surface area contributed by atoms with Gasteiger partial charge in [-0.3, -0.25) is 4.79 Å². The van der Waals surface area contributed by atoms with Crippen LogP contribution in [-0.4, -0.2) is 23.2 Å². The zero-order chi connectivity index (χ0) is 14.6. The molecule has 0 saturated heterocycles. The third kappa shape index (κ3) is 4.79. The fraction of sp³-hybridized carbons (Fsp3) is 0.500. The molecule has 106 valence electrons. The second kappa shape index (κ2) is 5.93. The number of rotatable bonds is 6. The molecule has 1 aromatic carbocycles. The zero-order valence-corrected chi connectivity index (χ0v) is 11.7. The standard InChI is InChI=1S/C14H23N3O2/c1-9(2)7-14(3,19)8-17-12-6-10(15)4-5-11(12)13(16)18/h4-6,9,17,19H,7-8,15H2,1-3H3,(H2,16,18). The predicted octanol–water partition coefficient (Wildman–Crippen LogP) is 1.58. The lowest BCUT2D eigenvalue weighted by molar-refractivity contribution is 0.0515. The van der Waals surface area contributed by atoms with Crippen molar-refractivity contribution in [3.8, 4) is 0 Å². The summed E-state index contributed by atoms with van der Waals surface area (Å²) in [6.07, 6.45) is 0.661. The van der Waals surface area contributed by atoms with Crippen LogP contribution in [0.3, 0.4) is 0 Å². The van der Waals surface area contributed by atoms with E-state index in [-0.39, 0.29) is 0 Å². The Bertz CT molecular complexity index is 456. The van der Waals surface area contributed by atoms with Gasteiger partial charge >= 0.3 is 0 Å². The highest BCUT2D eigenvalue weighted by Crippen LogP contribution is 2.22. The summed E-state index contributed by atoms with van der Waals surface area (Å²) in [5.41, 5.74) is 11.6. The van der Waals surface area contributed by atoms with Crippen molar-refractivity contribution in [2.75, 3.05) is 17.6 Å². The van der Waals surface area contributed by atoms with Gasteiger partial charge in [-0.2, -0.15) is 0 Å². The molecule has 1 atom stereocenters. The molecule has 5 nitrogen and oxygen atoms in total. The zero-order valence-electron chi connectivity index (χ0n) is 11.7. The van der Waals surface area contributed by atoms with Crippen molar-refractivity contribution in [3.05, 3.63) is 23.8 Å². The van der Waals surface area contributed by atoms with Crippen molar-refractivity contribution >= 4 is 17.3 Å². The van der Waals surface area contributed by atoms with E-state index in [9.17, 15) is 9.90 Å². The summed E-state index contributed by atoms with van der Waals surface area (Å²) < 4.78 is 0. The van der Waals surface area contributed by atoms with Gasteiger partial charge in [0.2, 0.25) is 0 Å². The second-order valence-electron chi connectivity index (χ2n) is 5.62. The van der Waals surface area contributed by atoms with Gasteiger partial charge in [0.1, 0.15) is 0 Å². The maximum absolute atomic E-state index is 11.3. The van der Waals surface area contributed by atoms with Gasteiger partial charge in [-0.1, -0.05) is 13.8 Å². The summed E-state index contributed by atoms with van der Waals surface area (Å²) in [5, 5.41) is 13.3. The number of nitrogen functional groups attached to an aromatic ring is 1. The summed E-state index contributed by atoms with van der Waals surface area (Å²) in [6.45, 7) is 6.18. The van der Waals surface area contributed by atoms with Crippen molar-refractivity contribution in [2.24, 2.45) is 11.7 Å². The molecule has 5 heteroatoms. The summed E-state index contributed by atoms with van der Waals surface area (Å²) in [4.78, 5) is 11.3. The number of carbonyl (C=O) groups is 1. The minimum Gasteiger partial charge on any atom is -0.399 e. The number of carbonyl (C=O) groups excluding carboxylic acids is 1. The van der Waals surface area contributed by atoms with Crippen LogP contribution in [0, 0.1) is 5.92 Å². The first-order chi connectivity index (χ1) is 8.71. The molecule has 0 aliphatic rings. The first-order valence-corrected chi connectivity index (χ1v) is 6.37. The van der Waals surface area contributed by atoms with E-state index in [1.54, 1.807) is 25.1 Å². The molecule has 6 N–H and O–H groups in total. The van der Waals surface area contributed by atoms with Crippen LogP contribution < -0.4 is 16.8 Å². The van der Waals surface area contributed by atoms with Crippen molar-refractivity contribution < 1.29 is 9.90 Å². The van der Waals surface area contributed by atoms with Gasteiger partial charge in [0.05, 0.1) is 11.2 Å². The molecule has 0 heterocycles. The quantitative estimate of drug-likeness (QED) is 0.586. The lowest BCUT2D eigenvalue weighted by Crippen LogP contribution is -2.35. The van der Waals surface area contributed by atoms with Crippen LogP contribution in [0.5, 0.6) is 0 Å². The van der Waals surface area contributed by atoms with Crippen LogP contribution in [-0.2, 0) is 0 Å². The van der Waals surface area contributed by atoms with Crippen LogP contribution in [0.4, 0.5) is 11.4 Å². The van der Waals surface area contributed by atoms with Crippen LogP contribution in [0.1, 0.15) is 37.6 Å². The van der Waals surface area contributed by atoms with Crippen LogP contribution in [0.25, 0.3) is 0 Å². The first kappa shape index (κ1) is 15.3. The van der Waals surface area contributed by atoms with Crippen LogP contribution in [0.15, 0.2) is 18.2 Å². The van der Waals surface area contributed by atoms with E-state index in [1.807, 2.05) is 13.8 Å². The molecule has 0 radical (unpaired) electrons. The monoisotopic (exact) mass is 265 g/mol. The molecule has 0 fully saturated rings. The maximum Gasteiger partial charge on any atom is 0.250 e. The van der Waals surface area contributed by atoms with Crippen LogP contribution >= 0.6 is 0 Å². The molecule has 0 saturated carbocycles. The van der Waals surface area contributed by atoms with Crippen molar-refractivity contribution in [1.82, 2.24) is 0 Å². The van der Waals surface area contributed by atoms with Gasteiger partial charge in [0.15, 0.2) is 0 Å². The minimum atomic E-state index is -0.853. The Morgan fingerprint density at radius 1 is 1.47 bits per heavy atom. The van der Waals surface area contributed by atoms with Gasteiger partial charge in [-0.15, -0.1) is 0 Å². The van der Waals surface area contributed by atoms with Gasteiger partial charge in [-0.25, -0.2) is 0 Å². The molecule has 1 aromatic rings. The second-order valence-corrected chi connectivity index (χ2v) is 5.62. The number of hydrogen-bond acceptors (Lipinski definition) is 4. The molecule has 1 rings (SSSR count). The molecular formula is C14H23N3O2. The Morgan fingerprint density at radius 3 is 2.63 bits per heavy atom. The van der Waals surface area contributed by atoms with E-state index in [0.29, 0.717) is 35.8 Å². The number of benzene rings is 1. The summed E-state index contributed by atoms with van der Waals surface area (Å²) in [7, 11) is 0. The van der Waals surface area contributed by atoms with Gasteiger partial charge < -0.3 is 21.9 Å². The average Bonchev–Trinajstić information content (AvgIpc) is 2.24. The third-order valence-corrected chi connectivity index (χ3v) is 2.82. The molecule has 0 bridgehead atoms. The lowest BCUT2D eigenvalue weighted by atomic mass is 9.94. The highest BCUT2D eigenvalue weighted by molar-refractivity contribution is 5.99. The Labute approximate surface area is 114 Å². The predicted molar refractivity (Wildman–Crippen MR) is 77.9 cm³/mol. The number of nitrogens with two attached hydrogens (primary N) is 2. The molecular weight excluding hydrogens is 242 g/mol. The Kier molecular flexibility index (Phi) is 4.78. The van der Waals surface area contributed by atoms with Gasteiger partial charge in [0, 0.05) is 17.9 Å². The van der Waals surface area contributed by atoms with E-state index >= 15 is 0 Å². The number of primary amides is 1. The molecule has 19 heavy (non-hydrogen) atoms. The van der Waals surface area contributed by atoms with Crippen molar-refractivity contribution in [2.45, 2.75) is 32.8 Å². The van der Waals surface area contributed by atoms with Gasteiger partial charge in [-0.05, 0) is 37.5 Å². The Balaban J connectivity index is 2.82. The molecule has 1 unspecified atom stereocenters. The minimum absolute atomic E-state index is 0.328. The normalized spacial score (nSPS) is 14.2. The molecule has 0 spiro atoms. The Morgan fingerprint density at radius 2 is 2.11 bits per heavy atom. The summed E-state index contributed by atoms with van der Waals surface area (Å²) >= 11 is 0. The SMILES string of the molecule is CC(C)CC(C)(O)CNc1cc(N)ccc1C(N)=O. The molecule has 1 amide bonds. The largest absolute Gasteiger partial charge is 0.399 e. The number of aliphatic hydroxyl groups is 1. The number of nitrogens with one attached hydrogen (secondary N) is 1. The lowest BCUT2D eigenvalue weighted by Gasteiger charge is -2.26. The summed E-state index contributed by atoms with van der Waals surface area (Å²) in [5.74, 6) is -0.140. The number of hydrogen-bond donors (Lipinski definition) is 4. The van der Waals surface area contributed by atoms with E-state index in [2.05, 4.69) is 5.32 Å². The topological polar surface area (TPSA) is 101 Å². The molecule has 0 aliphatic carbocycles. The number of amides is 1. The van der Waals surface area contributed by atoms with Gasteiger partial charge in [0.25, 0.3) is 5.91 Å². The van der Waals surface area contributed by atoms with E-state index in [4.69, 9.17) is 11.5 Å². The number of anilines is 2. The summed E-state index contributed by atoms with van der Waals surface area (Å²) in [6, 6.07) is 4.85.